The van der Waals surface area contributed by atoms with Gasteiger partial charge in [0.05, 0.1) is 0 Å². The van der Waals surface area contributed by atoms with Crippen LogP contribution in [0.5, 0.6) is 0 Å². The zero-order valence-electron chi connectivity index (χ0n) is 23.8. The van der Waals surface area contributed by atoms with Gasteiger partial charge in [0.2, 0.25) is 0 Å². The van der Waals surface area contributed by atoms with Gasteiger partial charge in [-0.25, -0.2) is 0 Å². The monoisotopic (exact) mass is 506 g/mol. The molecule has 3 heteroatoms. The molecule has 0 saturated heterocycles. The van der Waals surface area contributed by atoms with E-state index in [2.05, 4.69) is 67.5 Å². The highest BCUT2D eigenvalue weighted by Crippen LogP contribution is 2.43. The van der Waals surface area contributed by atoms with Crippen molar-refractivity contribution < 1.29 is 4.79 Å². The second-order valence-corrected chi connectivity index (χ2v) is 14.4. The Morgan fingerprint density at radius 2 is 0.971 bits per heavy atom. The molecule has 1 nitrogen and oxygen atoms in total. The minimum absolute atomic E-state index is 0.147. The molecule has 1 aliphatic rings. The summed E-state index contributed by atoms with van der Waals surface area (Å²) in [5, 5.41) is 0. The molecule has 0 aromatic carbocycles. The van der Waals surface area contributed by atoms with Crippen molar-refractivity contribution in [2.75, 3.05) is 11.5 Å². The molecule has 0 spiro atoms. The van der Waals surface area contributed by atoms with Gasteiger partial charge in [0.15, 0.2) is 5.78 Å². The zero-order chi connectivity index (χ0) is 25.6. The molecule has 0 N–H and O–H groups in total. The van der Waals surface area contributed by atoms with Crippen molar-refractivity contribution in [2.24, 2.45) is 10.8 Å². The van der Waals surface area contributed by atoms with Crippen LogP contribution in [-0.2, 0) is 4.79 Å². The van der Waals surface area contributed by atoms with E-state index in [1.807, 2.05) is 23.5 Å². The molecule has 0 bridgehead atoms. The molecule has 196 valence electrons. The molecule has 0 fully saturated rings. The van der Waals surface area contributed by atoms with Gasteiger partial charge < -0.3 is 0 Å². The van der Waals surface area contributed by atoms with Crippen LogP contribution in [0.2, 0.25) is 0 Å². The number of ketones is 1. The first kappa shape index (κ1) is 31.6. The van der Waals surface area contributed by atoms with Crippen LogP contribution in [0.4, 0.5) is 0 Å². The normalized spacial score (nSPS) is 14.9. The Bertz CT molecular complexity index is 642. The number of hydrogen-bond acceptors (Lipinski definition) is 3. The summed E-state index contributed by atoms with van der Waals surface area (Å²) in [5.41, 5.74) is 2.92. The summed E-state index contributed by atoms with van der Waals surface area (Å²) < 4.78 is 1.43. The van der Waals surface area contributed by atoms with Crippen molar-refractivity contribution in [2.45, 2.75) is 132 Å². The summed E-state index contributed by atoms with van der Waals surface area (Å²) in [5.74, 6) is 2.60. The highest BCUT2D eigenvalue weighted by Gasteiger charge is 2.34. The number of Topliss-reactive ketones (excluding diaryl/α,β-unsaturated/α-hetero) is 1. The smallest absolute Gasteiger partial charge is 0.186 e. The first-order chi connectivity index (χ1) is 16.0. The molecule has 34 heavy (non-hydrogen) atoms. The van der Waals surface area contributed by atoms with E-state index >= 15 is 0 Å². The fraction of sp³-hybridized carbons (Fsp3) is 0.774. The Kier molecular flexibility index (Phi) is 15.2. The third-order valence-corrected chi connectivity index (χ3v) is 9.09. The third kappa shape index (κ3) is 12.0. The van der Waals surface area contributed by atoms with Gasteiger partial charge in [-0.2, -0.15) is 0 Å². The maximum absolute atomic E-state index is 13.4. The summed E-state index contributed by atoms with van der Waals surface area (Å²) >= 11 is 4.06. The molecule has 1 aliphatic carbocycles. The summed E-state index contributed by atoms with van der Waals surface area (Å²) in [6, 6.07) is 0. The summed E-state index contributed by atoms with van der Waals surface area (Å²) in [4.78, 5) is 13.4. The number of carbonyl (C=O) groups is 1. The highest BCUT2D eigenvalue weighted by molar-refractivity contribution is 8.22. The third-order valence-electron chi connectivity index (χ3n) is 6.40. The Hall–Kier alpha value is -0.410. The zero-order valence-corrected chi connectivity index (χ0v) is 25.4. The van der Waals surface area contributed by atoms with Gasteiger partial charge in [-0.15, -0.1) is 23.5 Å². The largest absolute Gasteiger partial charge is 0.289 e. The van der Waals surface area contributed by atoms with E-state index < -0.39 is 0 Å². The van der Waals surface area contributed by atoms with Gasteiger partial charge in [-0.1, -0.05) is 120 Å². The lowest BCUT2D eigenvalue weighted by molar-refractivity contribution is -0.114. The molecule has 0 unspecified atom stereocenters. The van der Waals surface area contributed by atoms with E-state index in [-0.39, 0.29) is 16.6 Å². The van der Waals surface area contributed by atoms with E-state index in [1.165, 1.54) is 98.4 Å². The lowest BCUT2D eigenvalue weighted by atomic mass is 9.72. The standard InChI is InChI=1S/C31H54OS2/c1-9-11-13-15-17-19-21-33-29(34-22-20-18-16-14-12-10-2)25-23-26(30(3,4)5)28(32)27(24-25)31(6,7)8/h23-24H,9-22H2,1-8H3. The Labute approximate surface area is 221 Å². The summed E-state index contributed by atoms with van der Waals surface area (Å²) in [7, 11) is 0. The fourth-order valence-electron chi connectivity index (χ4n) is 4.16. The number of rotatable bonds is 16. The van der Waals surface area contributed by atoms with Crippen molar-refractivity contribution in [1.29, 1.82) is 0 Å². The van der Waals surface area contributed by atoms with Crippen LogP contribution in [0.3, 0.4) is 0 Å². The summed E-state index contributed by atoms with van der Waals surface area (Å²) in [6.45, 7) is 17.6. The number of hydrogen-bond donors (Lipinski definition) is 0. The van der Waals surface area contributed by atoms with Gasteiger partial charge in [0, 0.05) is 15.4 Å². The molecule has 0 heterocycles. The second kappa shape index (κ2) is 16.4. The predicted octanol–water partition coefficient (Wildman–Crippen LogP) is 10.9. The van der Waals surface area contributed by atoms with E-state index in [0.717, 1.165) is 11.1 Å². The van der Waals surface area contributed by atoms with E-state index in [9.17, 15) is 4.79 Å². The summed E-state index contributed by atoms with van der Waals surface area (Å²) in [6.07, 6.45) is 20.5. The number of unbranched alkanes of at least 4 members (excludes halogenated alkanes) is 10. The van der Waals surface area contributed by atoms with Crippen LogP contribution >= 0.6 is 23.5 Å². The number of allylic oxidation sites excluding steroid dienone is 5. The SMILES string of the molecule is CCCCCCCCSC(SCCCCCCCC)=C1C=C(C(C)(C)C)C(=O)C(C(C)(C)C)=C1. The van der Waals surface area contributed by atoms with E-state index in [1.54, 1.807) is 0 Å². The predicted molar refractivity (Wildman–Crippen MR) is 159 cm³/mol. The van der Waals surface area contributed by atoms with Crippen LogP contribution in [0.15, 0.2) is 33.1 Å². The topological polar surface area (TPSA) is 17.1 Å². The highest BCUT2D eigenvalue weighted by atomic mass is 32.2. The molecular weight excluding hydrogens is 452 g/mol. The van der Waals surface area contributed by atoms with Crippen molar-refractivity contribution in [3.8, 4) is 0 Å². The molecule has 0 aromatic heterocycles. The first-order valence-corrected chi connectivity index (χ1v) is 16.0. The van der Waals surface area contributed by atoms with Gasteiger partial charge in [-0.05, 0) is 52.9 Å². The average molecular weight is 507 g/mol. The molecule has 0 aromatic rings. The first-order valence-electron chi connectivity index (χ1n) is 14.0. The van der Waals surface area contributed by atoms with Crippen LogP contribution in [0.1, 0.15) is 132 Å². The maximum atomic E-state index is 13.4. The van der Waals surface area contributed by atoms with Crippen LogP contribution in [0, 0.1) is 10.8 Å². The van der Waals surface area contributed by atoms with Gasteiger partial charge >= 0.3 is 0 Å². The van der Waals surface area contributed by atoms with Gasteiger partial charge in [0.1, 0.15) is 0 Å². The maximum Gasteiger partial charge on any atom is 0.186 e. The quantitative estimate of drug-likeness (QED) is 0.194. The lowest BCUT2D eigenvalue weighted by Gasteiger charge is -2.32. The van der Waals surface area contributed by atoms with Crippen molar-refractivity contribution >= 4 is 29.3 Å². The molecule has 0 amide bonds. The van der Waals surface area contributed by atoms with Crippen LogP contribution in [-0.4, -0.2) is 17.3 Å². The molecule has 0 atom stereocenters. The molecule has 1 rings (SSSR count). The Morgan fingerprint density at radius 1 is 0.618 bits per heavy atom. The van der Waals surface area contributed by atoms with E-state index in [0.29, 0.717) is 0 Å². The molecular formula is C31H54OS2. The molecule has 0 saturated carbocycles. The van der Waals surface area contributed by atoms with Crippen molar-refractivity contribution in [3.05, 3.63) is 33.1 Å². The van der Waals surface area contributed by atoms with Gasteiger partial charge in [0.25, 0.3) is 0 Å². The number of carbonyl (C=O) groups excluding carboxylic acids is 1. The van der Waals surface area contributed by atoms with Crippen LogP contribution in [0.25, 0.3) is 0 Å². The van der Waals surface area contributed by atoms with Gasteiger partial charge in [-0.3, -0.25) is 4.79 Å². The van der Waals surface area contributed by atoms with Crippen molar-refractivity contribution in [3.63, 3.8) is 0 Å². The lowest BCUT2D eigenvalue weighted by Crippen LogP contribution is -2.28. The number of thioether (sulfide) groups is 2. The van der Waals surface area contributed by atoms with Crippen molar-refractivity contribution in [1.82, 2.24) is 0 Å². The second-order valence-electron chi connectivity index (χ2n) is 11.9. The minimum Gasteiger partial charge on any atom is -0.289 e. The van der Waals surface area contributed by atoms with E-state index in [4.69, 9.17) is 0 Å². The Balaban J connectivity index is 3.03. The van der Waals surface area contributed by atoms with Crippen LogP contribution < -0.4 is 0 Å². The Morgan fingerprint density at radius 3 is 1.32 bits per heavy atom. The molecule has 0 radical (unpaired) electrons. The fourth-order valence-corrected chi connectivity index (χ4v) is 6.63. The average Bonchev–Trinajstić information content (AvgIpc) is 2.75. The minimum atomic E-state index is -0.147. The molecule has 0 aliphatic heterocycles.